The minimum absolute atomic E-state index is 0.0968. The van der Waals surface area contributed by atoms with E-state index in [1.165, 1.54) is 12.3 Å². The van der Waals surface area contributed by atoms with Gasteiger partial charge in [0.2, 0.25) is 5.91 Å². The number of para-hydroxylation sites is 1. The van der Waals surface area contributed by atoms with Gasteiger partial charge in [0, 0.05) is 21.7 Å². The zero-order valence-electron chi connectivity index (χ0n) is 16.7. The average molecular weight is 482 g/mol. The van der Waals surface area contributed by atoms with Gasteiger partial charge in [0.05, 0.1) is 17.6 Å². The molecule has 31 heavy (non-hydrogen) atoms. The number of carbonyl (C=O) groups excluding carboxylic acids is 1. The van der Waals surface area contributed by atoms with Gasteiger partial charge in [-0.25, -0.2) is 5.43 Å². The van der Waals surface area contributed by atoms with E-state index in [1.807, 2.05) is 43.3 Å². The first-order chi connectivity index (χ1) is 14.9. The molecule has 3 rings (SSSR count). The van der Waals surface area contributed by atoms with Crippen molar-refractivity contribution in [3.63, 3.8) is 0 Å². The van der Waals surface area contributed by atoms with Crippen LogP contribution in [0.2, 0.25) is 0 Å². The molecule has 0 unspecified atom stereocenters. The highest BCUT2D eigenvalue weighted by Crippen LogP contribution is 2.23. The third-order valence-electron chi connectivity index (χ3n) is 4.38. The molecule has 0 saturated carbocycles. The van der Waals surface area contributed by atoms with Crippen molar-refractivity contribution in [2.75, 3.05) is 0 Å². The van der Waals surface area contributed by atoms with Crippen molar-refractivity contribution >= 4 is 33.7 Å². The molecule has 0 bridgehead atoms. The first-order valence-corrected chi connectivity index (χ1v) is 10.2. The van der Waals surface area contributed by atoms with Crippen molar-refractivity contribution in [2.24, 2.45) is 5.10 Å². The Hall–Kier alpha value is -3.52. The van der Waals surface area contributed by atoms with Crippen LogP contribution in [0.15, 0.2) is 76.3 Å². The molecule has 0 heterocycles. The van der Waals surface area contributed by atoms with E-state index in [-0.39, 0.29) is 12.1 Å². The van der Waals surface area contributed by atoms with Crippen LogP contribution in [0.3, 0.4) is 0 Å². The molecule has 8 heteroatoms. The summed E-state index contributed by atoms with van der Waals surface area (Å²) in [5, 5.41) is 15.1. The van der Waals surface area contributed by atoms with Crippen LogP contribution in [-0.4, -0.2) is 17.0 Å². The second-order valence-electron chi connectivity index (χ2n) is 6.82. The molecule has 0 fully saturated rings. The lowest BCUT2D eigenvalue weighted by Gasteiger charge is -2.10. The van der Waals surface area contributed by atoms with Crippen molar-refractivity contribution in [2.45, 2.75) is 20.0 Å². The quantitative estimate of drug-likeness (QED) is 0.280. The monoisotopic (exact) mass is 481 g/mol. The number of nitro benzene ring substituents is 1. The summed E-state index contributed by atoms with van der Waals surface area (Å²) >= 11 is 3.42. The van der Waals surface area contributed by atoms with Crippen molar-refractivity contribution < 1.29 is 14.5 Å². The molecule has 158 valence electrons. The Labute approximate surface area is 188 Å². The predicted molar refractivity (Wildman–Crippen MR) is 122 cm³/mol. The van der Waals surface area contributed by atoms with E-state index < -0.39 is 10.8 Å². The molecule has 7 nitrogen and oxygen atoms in total. The number of benzene rings is 3. The Morgan fingerprint density at radius 3 is 2.74 bits per heavy atom. The molecule has 0 saturated heterocycles. The second kappa shape index (κ2) is 10.5. The van der Waals surface area contributed by atoms with E-state index >= 15 is 0 Å². The molecule has 3 aromatic carbocycles. The van der Waals surface area contributed by atoms with Crippen molar-refractivity contribution in [1.29, 1.82) is 0 Å². The normalized spacial score (nSPS) is 10.8. The van der Waals surface area contributed by atoms with E-state index in [4.69, 9.17) is 4.74 Å². The molecular weight excluding hydrogens is 462 g/mol. The zero-order valence-corrected chi connectivity index (χ0v) is 18.3. The number of carbonyl (C=O) groups is 1. The average Bonchev–Trinajstić information content (AvgIpc) is 2.73. The number of nitrogens with zero attached hydrogens (tertiary/aromatic N) is 2. The number of halogens is 1. The van der Waals surface area contributed by atoms with Gasteiger partial charge >= 0.3 is 0 Å². The number of rotatable bonds is 8. The third-order valence-corrected chi connectivity index (χ3v) is 4.87. The predicted octanol–water partition coefficient (Wildman–Crippen LogP) is 4.94. The Bertz CT molecular complexity index is 1130. The summed E-state index contributed by atoms with van der Waals surface area (Å²) in [6.07, 6.45) is 1.33. The van der Waals surface area contributed by atoms with Gasteiger partial charge in [-0.2, -0.15) is 5.10 Å². The van der Waals surface area contributed by atoms with Crippen molar-refractivity contribution in [3.05, 3.63) is 104 Å². The lowest BCUT2D eigenvalue weighted by molar-refractivity contribution is -0.385. The third kappa shape index (κ3) is 6.48. The van der Waals surface area contributed by atoms with Gasteiger partial charge in [0.25, 0.3) is 5.69 Å². The van der Waals surface area contributed by atoms with Crippen LogP contribution < -0.4 is 10.2 Å². The molecule has 0 radical (unpaired) electrons. The Kier molecular flexibility index (Phi) is 7.50. The van der Waals surface area contributed by atoms with Gasteiger partial charge in [-0.05, 0) is 30.7 Å². The number of nitro groups is 1. The van der Waals surface area contributed by atoms with E-state index in [2.05, 4.69) is 32.5 Å². The van der Waals surface area contributed by atoms with Gasteiger partial charge in [0.15, 0.2) is 0 Å². The lowest BCUT2D eigenvalue weighted by Crippen LogP contribution is -2.20. The van der Waals surface area contributed by atoms with Crippen LogP contribution >= 0.6 is 15.9 Å². The number of hydrazone groups is 1. The number of hydrogen-bond acceptors (Lipinski definition) is 5. The maximum Gasteiger partial charge on any atom is 0.273 e. The maximum atomic E-state index is 12.2. The number of aryl methyl sites for hydroxylation is 1. The van der Waals surface area contributed by atoms with Gasteiger partial charge < -0.3 is 4.74 Å². The summed E-state index contributed by atoms with van der Waals surface area (Å²) in [5.41, 5.74) is 5.51. The molecule has 0 aliphatic heterocycles. The van der Waals surface area contributed by atoms with E-state index in [0.29, 0.717) is 23.5 Å². The van der Waals surface area contributed by atoms with Gasteiger partial charge in [-0.15, -0.1) is 0 Å². The highest BCUT2D eigenvalue weighted by Gasteiger charge is 2.15. The van der Waals surface area contributed by atoms with E-state index in [9.17, 15) is 14.9 Å². The van der Waals surface area contributed by atoms with Crippen LogP contribution in [0.4, 0.5) is 5.69 Å². The van der Waals surface area contributed by atoms with Crippen LogP contribution in [0, 0.1) is 17.0 Å². The molecule has 0 spiro atoms. The maximum absolute atomic E-state index is 12.2. The summed E-state index contributed by atoms with van der Waals surface area (Å²) in [6, 6.07) is 19.7. The largest absolute Gasteiger partial charge is 0.488 e. The summed E-state index contributed by atoms with van der Waals surface area (Å²) in [6.45, 7) is 2.42. The number of hydrogen-bond donors (Lipinski definition) is 1. The number of nitrogens with one attached hydrogen (secondary N) is 1. The lowest BCUT2D eigenvalue weighted by atomic mass is 10.1. The van der Waals surface area contributed by atoms with Gasteiger partial charge in [-0.1, -0.05) is 64.0 Å². The Morgan fingerprint density at radius 1 is 1.16 bits per heavy atom. The summed E-state index contributed by atoms with van der Waals surface area (Å²) < 4.78 is 6.76. The van der Waals surface area contributed by atoms with Crippen LogP contribution in [0.25, 0.3) is 0 Å². The smallest absolute Gasteiger partial charge is 0.273 e. The minimum Gasteiger partial charge on any atom is -0.488 e. The van der Waals surface area contributed by atoms with Crippen LogP contribution in [0.5, 0.6) is 5.75 Å². The first kappa shape index (κ1) is 22.2. The standard InChI is InChI=1S/C23H20BrN3O4/c1-16-5-4-6-17(11-16)15-31-22-10-9-20(24)12-19(22)14-25-26-23(28)13-18-7-2-3-8-21(18)27(29)30/h2-12,14H,13,15H2,1H3,(H,26,28)/b25-14+. The SMILES string of the molecule is Cc1cccc(COc2ccc(Br)cc2/C=N/NC(=O)Cc2ccccc2[N+](=O)[O-])c1. The van der Waals surface area contributed by atoms with Crippen LogP contribution in [-0.2, 0) is 17.8 Å². The summed E-state index contributed by atoms with van der Waals surface area (Å²) in [4.78, 5) is 22.8. The fraction of sp³-hybridized carbons (Fsp3) is 0.130. The van der Waals surface area contributed by atoms with E-state index in [0.717, 1.165) is 15.6 Å². The molecule has 0 aromatic heterocycles. The summed E-state index contributed by atoms with van der Waals surface area (Å²) in [7, 11) is 0. The first-order valence-electron chi connectivity index (χ1n) is 9.44. The molecular formula is C23H20BrN3O4. The zero-order chi connectivity index (χ0) is 22.2. The minimum atomic E-state index is -0.509. The molecule has 3 aromatic rings. The Balaban J connectivity index is 1.65. The highest BCUT2D eigenvalue weighted by molar-refractivity contribution is 9.10. The van der Waals surface area contributed by atoms with Gasteiger partial charge in [0.1, 0.15) is 12.4 Å². The molecule has 1 amide bonds. The van der Waals surface area contributed by atoms with Crippen molar-refractivity contribution in [1.82, 2.24) is 5.43 Å². The van der Waals surface area contributed by atoms with Crippen molar-refractivity contribution in [3.8, 4) is 5.75 Å². The molecule has 1 N–H and O–H groups in total. The number of ether oxygens (including phenoxy) is 1. The summed E-state index contributed by atoms with van der Waals surface area (Å²) in [5.74, 6) is 0.157. The highest BCUT2D eigenvalue weighted by atomic mass is 79.9. The number of amides is 1. The Morgan fingerprint density at radius 2 is 1.97 bits per heavy atom. The fourth-order valence-corrected chi connectivity index (χ4v) is 3.32. The molecule has 0 aliphatic carbocycles. The second-order valence-corrected chi connectivity index (χ2v) is 7.73. The molecule has 0 aliphatic rings. The fourth-order valence-electron chi connectivity index (χ4n) is 2.94. The van der Waals surface area contributed by atoms with Gasteiger partial charge in [-0.3, -0.25) is 14.9 Å². The molecule has 0 atom stereocenters. The van der Waals surface area contributed by atoms with Crippen LogP contribution in [0.1, 0.15) is 22.3 Å². The topological polar surface area (TPSA) is 93.8 Å². The van der Waals surface area contributed by atoms with E-state index in [1.54, 1.807) is 18.2 Å².